The molecule has 0 spiro atoms. The second-order valence-electron chi connectivity index (χ2n) is 8.63. The maximum Gasteiger partial charge on any atom is 0.269 e. The van der Waals surface area contributed by atoms with Crippen LogP contribution >= 0.6 is 11.3 Å². The van der Waals surface area contributed by atoms with E-state index in [4.69, 9.17) is 10.5 Å². The van der Waals surface area contributed by atoms with Gasteiger partial charge in [0.15, 0.2) is 5.82 Å². The summed E-state index contributed by atoms with van der Waals surface area (Å²) in [6.07, 6.45) is 4.71. The third kappa shape index (κ3) is 4.49. The number of thiophene rings is 1. The Hall–Kier alpha value is -2.17. The molecule has 174 valence electrons. The highest BCUT2D eigenvalue weighted by molar-refractivity contribution is 7.14. The first-order valence-electron chi connectivity index (χ1n) is 11.0. The van der Waals surface area contributed by atoms with Gasteiger partial charge in [-0.25, -0.2) is 18.5 Å². The Labute approximate surface area is 190 Å². The minimum absolute atomic E-state index is 0.0809. The number of hydrogen-bond acceptors (Lipinski definition) is 6. The van der Waals surface area contributed by atoms with Gasteiger partial charge >= 0.3 is 0 Å². The molecule has 1 aliphatic heterocycles. The highest BCUT2D eigenvalue weighted by Gasteiger charge is 2.46. The quantitative estimate of drug-likeness (QED) is 0.676. The number of aliphatic imine (C=N–C) groups is 1. The molecule has 0 radical (unpaired) electrons. The summed E-state index contributed by atoms with van der Waals surface area (Å²) in [6, 6.07) is -0.369. The lowest BCUT2D eigenvalue weighted by molar-refractivity contribution is -0.0674. The molecule has 1 saturated carbocycles. The van der Waals surface area contributed by atoms with Crippen molar-refractivity contribution in [2.45, 2.75) is 83.2 Å². The Morgan fingerprint density at radius 1 is 1.44 bits per heavy atom. The van der Waals surface area contributed by atoms with Crippen molar-refractivity contribution in [1.29, 1.82) is 0 Å². The maximum atomic E-state index is 14.3. The number of aromatic nitrogens is 2. The summed E-state index contributed by atoms with van der Waals surface area (Å²) >= 11 is 1.30. The van der Waals surface area contributed by atoms with Crippen molar-refractivity contribution < 1.29 is 18.3 Å². The zero-order chi connectivity index (χ0) is 23.0. The van der Waals surface area contributed by atoms with Gasteiger partial charge in [0.1, 0.15) is 12.1 Å². The minimum Gasteiger partial charge on any atom is -0.368 e. The number of aryl methyl sites for hydroxylation is 1. The molecular formula is C22H29F2N5O2S. The molecule has 2 aromatic rings. The summed E-state index contributed by atoms with van der Waals surface area (Å²) in [5.41, 5.74) is 7.58. The molecule has 1 amide bonds. The van der Waals surface area contributed by atoms with E-state index in [1.54, 1.807) is 23.2 Å². The van der Waals surface area contributed by atoms with Gasteiger partial charge in [-0.1, -0.05) is 6.92 Å². The molecule has 10 heteroatoms. The van der Waals surface area contributed by atoms with Crippen molar-refractivity contribution in [2.75, 3.05) is 0 Å². The summed E-state index contributed by atoms with van der Waals surface area (Å²) in [7, 11) is 0. The van der Waals surface area contributed by atoms with Crippen LogP contribution in [0, 0.1) is 0 Å². The average molecular weight is 466 g/mol. The third-order valence-corrected chi connectivity index (χ3v) is 7.11. The zero-order valence-corrected chi connectivity index (χ0v) is 19.3. The molecule has 0 aromatic carbocycles. The molecule has 1 aliphatic carbocycles. The van der Waals surface area contributed by atoms with Gasteiger partial charge in [-0.15, -0.1) is 11.3 Å². The average Bonchev–Trinajstić information content (AvgIpc) is 3.33. The maximum absolute atomic E-state index is 14.3. The highest BCUT2D eigenvalue weighted by atomic mass is 32.1. The molecule has 4 rings (SSSR count). The second kappa shape index (κ2) is 8.99. The number of nitrogens with zero attached hydrogens (tertiary/aromatic N) is 3. The number of ether oxygens (including phenoxy) is 1. The van der Waals surface area contributed by atoms with Crippen LogP contribution in [0.15, 0.2) is 17.3 Å². The van der Waals surface area contributed by atoms with Crippen LogP contribution in [-0.4, -0.2) is 52.1 Å². The van der Waals surface area contributed by atoms with Crippen molar-refractivity contribution in [2.24, 2.45) is 10.7 Å². The fourth-order valence-corrected chi connectivity index (χ4v) is 5.32. The topological polar surface area (TPSA) is 94.5 Å². The molecule has 2 aromatic heterocycles. The van der Waals surface area contributed by atoms with E-state index in [1.165, 1.54) is 11.3 Å². The molecular weight excluding hydrogens is 436 g/mol. The summed E-state index contributed by atoms with van der Waals surface area (Å²) in [5, 5.41) is 6.95. The molecule has 32 heavy (non-hydrogen) atoms. The zero-order valence-electron chi connectivity index (χ0n) is 18.5. The fraction of sp³-hybridized carbons (Fsp3) is 0.591. The first-order chi connectivity index (χ1) is 15.2. The first-order valence-corrected chi connectivity index (χ1v) is 11.8. The predicted octanol–water partition coefficient (Wildman–Crippen LogP) is 3.93. The van der Waals surface area contributed by atoms with Crippen LogP contribution in [0.3, 0.4) is 0 Å². The van der Waals surface area contributed by atoms with Crippen LogP contribution < -0.4 is 11.1 Å². The Morgan fingerprint density at radius 2 is 2.22 bits per heavy atom. The number of nitrogens with two attached hydrogens (primary N) is 1. The van der Waals surface area contributed by atoms with Crippen molar-refractivity contribution in [3.8, 4) is 11.1 Å². The number of hydrogen-bond donors (Lipinski definition) is 2. The molecule has 1 unspecified atom stereocenters. The van der Waals surface area contributed by atoms with Gasteiger partial charge in [0.05, 0.1) is 23.7 Å². The predicted molar refractivity (Wildman–Crippen MR) is 121 cm³/mol. The summed E-state index contributed by atoms with van der Waals surface area (Å²) in [5.74, 6) is -2.82. The number of nitrogens with one attached hydrogen (secondary N) is 1. The summed E-state index contributed by atoms with van der Waals surface area (Å²) < 4.78 is 36.3. The number of carbonyl (C=O) groups is 1. The van der Waals surface area contributed by atoms with Gasteiger partial charge in [-0.3, -0.25) is 4.79 Å². The largest absolute Gasteiger partial charge is 0.368 e. The van der Waals surface area contributed by atoms with Crippen LogP contribution in [0.4, 0.5) is 14.6 Å². The molecule has 2 aliphatic rings. The van der Waals surface area contributed by atoms with Gasteiger partial charge in [0.25, 0.3) is 11.8 Å². The van der Waals surface area contributed by atoms with Crippen LogP contribution in [0.1, 0.15) is 54.6 Å². The van der Waals surface area contributed by atoms with Crippen LogP contribution in [0.5, 0.6) is 0 Å². The van der Waals surface area contributed by atoms with Crippen LogP contribution in [-0.2, 0) is 17.7 Å². The van der Waals surface area contributed by atoms with E-state index >= 15 is 0 Å². The fourth-order valence-electron chi connectivity index (χ4n) is 4.30. The summed E-state index contributed by atoms with van der Waals surface area (Å²) in [4.78, 5) is 18.8. The Balaban J connectivity index is 1.58. The van der Waals surface area contributed by atoms with Gasteiger partial charge in [-0.2, -0.15) is 5.10 Å². The van der Waals surface area contributed by atoms with E-state index in [0.717, 1.165) is 16.0 Å². The molecule has 3 atom stereocenters. The second-order valence-corrected chi connectivity index (χ2v) is 9.77. The van der Waals surface area contributed by atoms with Gasteiger partial charge in [0, 0.05) is 34.7 Å². The van der Waals surface area contributed by atoms with E-state index in [0.29, 0.717) is 36.5 Å². The van der Waals surface area contributed by atoms with Crippen molar-refractivity contribution >= 4 is 29.3 Å². The molecule has 3 N–H and O–H groups in total. The van der Waals surface area contributed by atoms with Crippen LogP contribution in [0.25, 0.3) is 11.1 Å². The van der Waals surface area contributed by atoms with E-state index in [9.17, 15) is 13.6 Å². The van der Waals surface area contributed by atoms with E-state index in [2.05, 4.69) is 15.4 Å². The lowest BCUT2D eigenvalue weighted by atomic mass is 9.87. The highest BCUT2D eigenvalue weighted by Crippen LogP contribution is 2.39. The molecule has 3 heterocycles. The molecule has 0 bridgehead atoms. The number of alkyl halides is 2. The minimum atomic E-state index is -3.00. The Bertz CT molecular complexity index is 1020. The van der Waals surface area contributed by atoms with Crippen molar-refractivity contribution in [3.63, 3.8) is 0 Å². The van der Waals surface area contributed by atoms with E-state index in [-0.39, 0.29) is 18.6 Å². The molecule has 0 saturated heterocycles. The van der Waals surface area contributed by atoms with Gasteiger partial charge in [-0.05, 0) is 39.2 Å². The van der Waals surface area contributed by atoms with Crippen LogP contribution in [0.2, 0.25) is 0 Å². The number of carbonyl (C=O) groups excluding carboxylic acids is 1. The van der Waals surface area contributed by atoms with E-state index in [1.807, 2.05) is 20.8 Å². The third-order valence-electron chi connectivity index (χ3n) is 5.84. The summed E-state index contributed by atoms with van der Waals surface area (Å²) in [6.45, 7) is 6.50. The van der Waals surface area contributed by atoms with Gasteiger partial charge < -0.3 is 15.8 Å². The van der Waals surface area contributed by atoms with Crippen molar-refractivity contribution in [1.82, 2.24) is 15.1 Å². The molecule has 1 fully saturated rings. The Kier molecular flexibility index (Phi) is 6.46. The lowest BCUT2D eigenvalue weighted by Crippen LogP contribution is -2.59. The van der Waals surface area contributed by atoms with Gasteiger partial charge in [0.2, 0.25) is 0 Å². The smallest absolute Gasteiger partial charge is 0.269 e. The SMILES string of the molecule is CCc1sc(C(=O)N[C@@H]2[C@H](N)CCCC2(F)F)cc1-c1cnn2c1N=CC(OC(C)C)C2. The standard InChI is InChI=1S/C22H29F2N5O2S/c1-4-17-14(15-10-27-29-11-13(31-12(2)3)9-26-20(15)29)8-18(32-17)21(30)28-19-16(25)6-5-7-22(19,23)24/h8-10,12-13,16,19H,4-7,11,25H2,1-3H3,(H,28,30)/t13?,16-,19-/m1/s1. The van der Waals surface area contributed by atoms with Crippen molar-refractivity contribution in [3.05, 3.63) is 22.0 Å². The number of fused-ring (bicyclic) bond motifs is 1. The van der Waals surface area contributed by atoms with E-state index < -0.39 is 23.9 Å². The Morgan fingerprint density at radius 3 is 2.91 bits per heavy atom. The number of rotatable bonds is 6. The first kappa shape index (κ1) is 23.0. The monoisotopic (exact) mass is 465 g/mol. The number of halogens is 2. The number of amides is 1. The lowest BCUT2D eigenvalue weighted by Gasteiger charge is -2.36. The molecule has 7 nitrogen and oxygen atoms in total. The normalized spacial score (nSPS) is 24.5.